The highest BCUT2D eigenvalue weighted by Gasteiger charge is 2.00. The van der Waals surface area contributed by atoms with Crippen LogP contribution in [0.25, 0.3) is 10.8 Å². The molecule has 0 aliphatic carbocycles. The zero-order chi connectivity index (χ0) is 8.55. The average molecular weight is 159 g/mol. The summed E-state index contributed by atoms with van der Waals surface area (Å²) in [6.45, 7) is 3.82. The molecule has 2 rings (SSSR count). The first-order valence-corrected chi connectivity index (χ1v) is 3.78. The molecular weight excluding hydrogens is 151 g/mol. The van der Waals surface area contributed by atoms with E-state index in [1.807, 2.05) is 18.2 Å². The lowest BCUT2D eigenvalue weighted by Gasteiger charge is -2.01. The molecule has 0 nitrogen and oxygen atoms in total. The first kappa shape index (κ1) is 7.29. The number of halogens is 1. The van der Waals surface area contributed by atoms with Gasteiger partial charge >= 0.3 is 0 Å². The Labute approximate surface area is 70.6 Å². The van der Waals surface area contributed by atoms with E-state index in [-0.39, 0.29) is 5.82 Å². The summed E-state index contributed by atoms with van der Waals surface area (Å²) < 4.78 is 13.1. The fraction of sp³-hybridized carbons (Fsp3) is 0. The van der Waals surface area contributed by atoms with Gasteiger partial charge in [0.25, 0.3) is 0 Å². The molecule has 1 heteroatoms. The van der Waals surface area contributed by atoms with E-state index in [9.17, 15) is 4.39 Å². The third-order valence-electron chi connectivity index (χ3n) is 1.96. The maximum absolute atomic E-state index is 13.1. The second-order valence-corrected chi connectivity index (χ2v) is 2.75. The van der Waals surface area contributed by atoms with Crippen molar-refractivity contribution < 1.29 is 4.39 Å². The lowest BCUT2D eigenvalue weighted by atomic mass is 10.1. The van der Waals surface area contributed by atoms with Crippen molar-refractivity contribution in [3.05, 3.63) is 54.7 Å². The van der Waals surface area contributed by atoms with Crippen molar-refractivity contribution in [2.45, 2.75) is 0 Å². The Hall–Kier alpha value is -1.37. The van der Waals surface area contributed by atoms with Gasteiger partial charge in [-0.05, 0) is 23.9 Å². The molecular formula is C11H8F. The number of fused-ring (bicyclic) bond motifs is 1. The normalized spacial score (nSPS) is 10.5. The highest BCUT2D eigenvalue weighted by atomic mass is 19.1. The Morgan fingerprint density at radius 2 is 1.58 bits per heavy atom. The number of hydrogen-bond donors (Lipinski definition) is 0. The molecule has 12 heavy (non-hydrogen) atoms. The predicted molar refractivity (Wildman–Crippen MR) is 48.4 cm³/mol. The van der Waals surface area contributed by atoms with E-state index in [0.29, 0.717) is 5.39 Å². The highest BCUT2D eigenvalue weighted by Crippen LogP contribution is 2.20. The molecule has 0 aromatic heterocycles. The topological polar surface area (TPSA) is 0 Å². The Morgan fingerprint density at radius 1 is 0.917 bits per heavy atom. The van der Waals surface area contributed by atoms with Crippen molar-refractivity contribution in [1.29, 1.82) is 0 Å². The zero-order valence-corrected chi connectivity index (χ0v) is 6.55. The van der Waals surface area contributed by atoms with Crippen molar-refractivity contribution in [2.24, 2.45) is 0 Å². The first-order valence-electron chi connectivity index (χ1n) is 3.78. The van der Waals surface area contributed by atoms with E-state index in [1.165, 1.54) is 6.07 Å². The lowest BCUT2D eigenvalue weighted by molar-refractivity contribution is 0.640. The molecule has 1 radical (unpaired) electrons. The van der Waals surface area contributed by atoms with Crippen molar-refractivity contribution in [3.63, 3.8) is 0 Å². The fourth-order valence-corrected chi connectivity index (χ4v) is 1.32. The van der Waals surface area contributed by atoms with Gasteiger partial charge in [0.1, 0.15) is 5.82 Å². The average Bonchev–Trinajstić information content (AvgIpc) is 2.12. The van der Waals surface area contributed by atoms with Crippen molar-refractivity contribution in [1.82, 2.24) is 0 Å². The zero-order valence-electron chi connectivity index (χ0n) is 6.55. The Bertz CT molecular complexity index is 378. The van der Waals surface area contributed by atoms with Gasteiger partial charge in [0.15, 0.2) is 0 Å². The molecule has 0 heterocycles. The van der Waals surface area contributed by atoms with Gasteiger partial charge in [0.2, 0.25) is 0 Å². The minimum atomic E-state index is -0.182. The maximum atomic E-state index is 13.1. The van der Waals surface area contributed by atoms with Crippen molar-refractivity contribution in [2.75, 3.05) is 0 Å². The van der Waals surface area contributed by atoms with Crippen LogP contribution in [0.15, 0.2) is 36.4 Å². The van der Waals surface area contributed by atoms with Gasteiger partial charge in [-0.3, -0.25) is 0 Å². The van der Waals surface area contributed by atoms with Crippen LogP contribution >= 0.6 is 0 Å². The van der Waals surface area contributed by atoms with Crippen LogP contribution in [0.3, 0.4) is 0 Å². The van der Waals surface area contributed by atoms with E-state index < -0.39 is 0 Å². The SMILES string of the molecule is [CH2]c1ccc(F)c2ccccc12. The second-order valence-electron chi connectivity index (χ2n) is 2.75. The molecule has 0 bridgehead atoms. The molecule has 0 atom stereocenters. The van der Waals surface area contributed by atoms with Gasteiger partial charge in [-0.1, -0.05) is 30.3 Å². The molecule has 0 aliphatic heterocycles. The largest absolute Gasteiger partial charge is 0.206 e. The summed E-state index contributed by atoms with van der Waals surface area (Å²) in [5.41, 5.74) is 0.868. The van der Waals surface area contributed by atoms with Crippen LogP contribution in [0.4, 0.5) is 4.39 Å². The Morgan fingerprint density at radius 3 is 2.25 bits per heavy atom. The minimum absolute atomic E-state index is 0.182. The molecule has 59 valence electrons. The van der Waals surface area contributed by atoms with Crippen LogP contribution in [0.5, 0.6) is 0 Å². The van der Waals surface area contributed by atoms with Crippen LogP contribution in [0, 0.1) is 12.7 Å². The van der Waals surface area contributed by atoms with Gasteiger partial charge in [-0.25, -0.2) is 4.39 Å². The van der Waals surface area contributed by atoms with Crippen molar-refractivity contribution in [3.8, 4) is 0 Å². The van der Waals surface area contributed by atoms with Crippen LogP contribution in [0.1, 0.15) is 5.56 Å². The minimum Gasteiger partial charge on any atom is -0.206 e. The summed E-state index contributed by atoms with van der Waals surface area (Å²) in [5, 5.41) is 1.53. The predicted octanol–water partition coefficient (Wildman–Crippen LogP) is 3.16. The number of hydrogen-bond acceptors (Lipinski definition) is 0. The standard InChI is InChI=1S/C11H8F/c1-8-6-7-11(12)10-5-3-2-4-9(8)10/h2-7H,1H2. The maximum Gasteiger partial charge on any atom is 0.131 e. The van der Waals surface area contributed by atoms with E-state index >= 15 is 0 Å². The lowest BCUT2D eigenvalue weighted by Crippen LogP contribution is -1.81. The summed E-state index contributed by atoms with van der Waals surface area (Å²) in [4.78, 5) is 0. The molecule has 0 saturated carbocycles. The molecule has 0 N–H and O–H groups in total. The number of rotatable bonds is 0. The van der Waals surface area contributed by atoms with Crippen LogP contribution in [0.2, 0.25) is 0 Å². The van der Waals surface area contributed by atoms with Gasteiger partial charge in [0, 0.05) is 5.39 Å². The van der Waals surface area contributed by atoms with Gasteiger partial charge in [0.05, 0.1) is 0 Å². The third kappa shape index (κ3) is 0.981. The molecule has 0 unspecified atom stereocenters. The van der Waals surface area contributed by atoms with Crippen LogP contribution in [-0.2, 0) is 0 Å². The fourth-order valence-electron chi connectivity index (χ4n) is 1.32. The summed E-state index contributed by atoms with van der Waals surface area (Å²) in [6.07, 6.45) is 0. The highest BCUT2D eigenvalue weighted by molar-refractivity contribution is 5.86. The summed E-state index contributed by atoms with van der Waals surface area (Å²) in [7, 11) is 0. The molecule has 0 aliphatic rings. The molecule has 2 aromatic carbocycles. The van der Waals surface area contributed by atoms with E-state index in [0.717, 1.165) is 10.9 Å². The first-order chi connectivity index (χ1) is 5.79. The molecule has 2 aromatic rings. The van der Waals surface area contributed by atoms with Gasteiger partial charge < -0.3 is 0 Å². The van der Waals surface area contributed by atoms with Gasteiger partial charge in [-0.15, -0.1) is 0 Å². The second kappa shape index (κ2) is 2.59. The smallest absolute Gasteiger partial charge is 0.131 e. The summed E-state index contributed by atoms with van der Waals surface area (Å²) in [6, 6.07) is 10.5. The quantitative estimate of drug-likeness (QED) is 0.554. The Balaban J connectivity index is 2.95. The molecule has 0 fully saturated rings. The van der Waals surface area contributed by atoms with E-state index in [1.54, 1.807) is 12.1 Å². The number of benzene rings is 2. The van der Waals surface area contributed by atoms with Crippen molar-refractivity contribution >= 4 is 10.8 Å². The van der Waals surface area contributed by atoms with Crippen LogP contribution in [-0.4, -0.2) is 0 Å². The molecule has 0 amide bonds. The van der Waals surface area contributed by atoms with E-state index in [4.69, 9.17) is 0 Å². The monoisotopic (exact) mass is 159 g/mol. The summed E-state index contributed by atoms with van der Waals surface area (Å²) in [5.74, 6) is -0.182. The van der Waals surface area contributed by atoms with Gasteiger partial charge in [-0.2, -0.15) is 0 Å². The Kier molecular flexibility index (Phi) is 1.58. The third-order valence-corrected chi connectivity index (χ3v) is 1.96. The van der Waals surface area contributed by atoms with Crippen LogP contribution < -0.4 is 0 Å². The molecule has 0 spiro atoms. The summed E-state index contributed by atoms with van der Waals surface area (Å²) >= 11 is 0. The molecule has 0 saturated heterocycles. The van der Waals surface area contributed by atoms with E-state index in [2.05, 4.69) is 6.92 Å².